The van der Waals surface area contributed by atoms with Crippen LogP contribution in [-0.2, 0) is 10.9 Å². The van der Waals surface area contributed by atoms with Crippen LogP contribution in [0.3, 0.4) is 0 Å². The summed E-state index contributed by atoms with van der Waals surface area (Å²) in [6.45, 7) is 0.245. The number of carbonyl (C=O) groups is 2. The molecule has 1 aromatic heterocycles. The molecule has 1 unspecified atom stereocenters. The van der Waals surface area contributed by atoms with Gasteiger partial charge in [-0.05, 0) is 60.7 Å². The van der Waals surface area contributed by atoms with Gasteiger partial charge in [-0.3, -0.25) is 4.79 Å². The Morgan fingerprint density at radius 3 is 2.43 bits per heavy atom. The smallest absolute Gasteiger partial charge is 0.493 e. The summed E-state index contributed by atoms with van der Waals surface area (Å²) in [4.78, 5) is 23.6. The normalized spacial score (nSPS) is 14.4. The largest absolute Gasteiger partial charge is 0.506 e. The number of alkyl halides is 3. The van der Waals surface area contributed by atoms with Crippen molar-refractivity contribution in [1.29, 1.82) is 0 Å². The maximum atomic E-state index is 14.2. The van der Waals surface area contributed by atoms with Gasteiger partial charge in [0.2, 0.25) is 0 Å². The topological polar surface area (TPSA) is 120 Å². The number of anilines is 1. The van der Waals surface area contributed by atoms with Crippen LogP contribution in [0.25, 0.3) is 11.3 Å². The number of rotatable bonds is 6. The highest BCUT2D eigenvalue weighted by molar-refractivity contribution is 6.32. The van der Waals surface area contributed by atoms with Gasteiger partial charge in [0, 0.05) is 29.2 Å². The zero-order valence-electron chi connectivity index (χ0n) is 21.1. The molecule has 0 spiro atoms. The van der Waals surface area contributed by atoms with Crippen molar-refractivity contribution in [3.05, 3.63) is 94.3 Å². The Morgan fingerprint density at radius 2 is 1.79 bits per heavy atom. The standard InChI is InChI=1S/C28H18ClF4N3O6/c29-19-12-18-22(42-27(38)39)9-10-40-23(18)13-24(19)41-16-4-1-14(2-5-16)26(37)34-25-8-7-21(35-36-25)17-6-3-15(11-20(17)30)28(31,32)33/h1-8,11-13,22H,9-10H2,(H,38,39)(H,34,36,37). The number of ether oxygens (including phenoxy) is 3. The molecule has 2 heterocycles. The number of hydrogen-bond donors (Lipinski definition) is 2. The first-order valence-corrected chi connectivity index (χ1v) is 12.5. The Labute approximate surface area is 239 Å². The van der Waals surface area contributed by atoms with E-state index in [9.17, 15) is 27.2 Å². The minimum Gasteiger partial charge on any atom is -0.493 e. The van der Waals surface area contributed by atoms with Crippen molar-refractivity contribution < 1.29 is 46.5 Å². The third-order valence-electron chi connectivity index (χ3n) is 6.11. The molecule has 0 bridgehead atoms. The highest BCUT2D eigenvalue weighted by Crippen LogP contribution is 2.42. The fraction of sp³-hybridized carbons (Fsp3) is 0.143. The molecule has 3 aromatic carbocycles. The molecule has 5 rings (SSSR count). The lowest BCUT2D eigenvalue weighted by molar-refractivity contribution is -0.137. The van der Waals surface area contributed by atoms with E-state index in [1.165, 1.54) is 48.5 Å². The van der Waals surface area contributed by atoms with Crippen molar-refractivity contribution in [3.63, 3.8) is 0 Å². The lowest BCUT2D eigenvalue weighted by atomic mass is 10.0. The van der Waals surface area contributed by atoms with Gasteiger partial charge in [-0.1, -0.05) is 11.6 Å². The lowest BCUT2D eigenvalue weighted by Gasteiger charge is -2.25. The lowest BCUT2D eigenvalue weighted by Crippen LogP contribution is -2.18. The number of benzene rings is 3. The number of amides is 1. The minimum absolute atomic E-state index is 0.0168. The first kappa shape index (κ1) is 28.6. The second-order valence-electron chi connectivity index (χ2n) is 8.91. The van der Waals surface area contributed by atoms with Crippen molar-refractivity contribution in [2.45, 2.75) is 18.7 Å². The minimum atomic E-state index is -4.68. The molecule has 0 aliphatic carbocycles. The summed E-state index contributed by atoms with van der Waals surface area (Å²) >= 11 is 6.34. The van der Waals surface area contributed by atoms with E-state index < -0.39 is 35.7 Å². The molecule has 1 amide bonds. The monoisotopic (exact) mass is 603 g/mol. The van der Waals surface area contributed by atoms with Crippen LogP contribution in [0.2, 0.25) is 5.02 Å². The number of aromatic nitrogens is 2. The Morgan fingerprint density at radius 1 is 1.02 bits per heavy atom. The number of fused-ring (bicyclic) bond motifs is 1. The molecule has 0 saturated carbocycles. The van der Waals surface area contributed by atoms with E-state index in [1.807, 2.05) is 0 Å². The molecule has 1 atom stereocenters. The summed E-state index contributed by atoms with van der Waals surface area (Å²) < 4.78 is 68.9. The molecule has 1 aliphatic rings. The molecule has 42 heavy (non-hydrogen) atoms. The second-order valence-corrected chi connectivity index (χ2v) is 9.31. The number of nitrogens with one attached hydrogen (secondary N) is 1. The van der Waals surface area contributed by atoms with Crippen LogP contribution in [0.15, 0.2) is 66.7 Å². The van der Waals surface area contributed by atoms with Gasteiger partial charge in [0.25, 0.3) is 5.91 Å². The van der Waals surface area contributed by atoms with Gasteiger partial charge in [-0.2, -0.15) is 13.2 Å². The summed E-state index contributed by atoms with van der Waals surface area (Å²) in [5, 5.41) is 19.3. The zero-order valence-corrected chi connectivity index (χ0v) is 21.9. The molecule has 0 radical (unpaired) electrons. The fourth-order valence-electron chi connectivity index (χ4n) is 4.11. The molecule has 216 valence electrons. The Balaban J connectivity index is 1.23. The van der Waals surface area contributed by atoms with Gasteiger partial charge in [-0.15, -0.1) is 10.2 Å². The summed E-state index contributed by atoms with van der Waals surface area (Å²) in [6, 6.07) is 13.7. The van der Waals surface area contributed by atoms with Crippen molar-refractivity contribution in [1.82, 2.24) is 10.2 Å². The summed E-state index contributed by atoms with van der Waals surface area (Å²) in [5.41, 5.74) is -0.609. The van der Waals surface area contributed by atoms with E-state index in [-0.39, 0.29) is 40.0 Å². The van der Waals surface area contributed by atoms with Crippen molar-refractivity contribution in [3.8, 4) is 28.5 Å². The SMILES string of the molecule is O=C(O)OC1CCOc2cc(Oc3ccc(C(=O)Nc4ccc(-c5ccc(C(F)(F)F)cc5F)nn4)cc3)c(Cl)cc21. The molecule has 0 saturated heterocycles. The number of halogens is 5. The van der Waals surface area contributed by atoms with Crippen molar-refractivity contribution >= 4 is 29.5 Å². The van der Waals surface area contributed by atoms with E-state index >= 15 is 0 Å². The van der Waals surface area contributed by atoms with Gasteiger partial charge in [-0.25, -0.2) is 9.18 Å². The fourth-order valence-corrected chi connectivity index (χ4v) is 4.32. The van der Waals surface area contributed by atoms with Crippen LogP contribution in [-0.4, -0.2) is 34.0 Å². The van der Waals surface area contributed by atoms with Gasteiger partial charge in [0.15, 0.2) is 5.82 Å². The number of carboxylic acid groups (broad SMARTS) is 1. The highest BCUT2D eigenvalue weighted by Gasteiger charge is 2.31. The van der Waals surface area contributed by atoms with E-state index in [1.54, 1.807) is 0 Å². The number of carbonyl (C=O) groups excluding carboxylic acids is 1. The van der Waals surface area contributed by atoms with E-state index in [0.717, 1.165) is 12.1 Å². The van der Waals surface area contributed by atoms with E-state index in [4.69, 9.17) is 30.9 Å². The molecule has 4 aromatic rings. The molecule has 9 nitrogen and oxygen atoms in total. The third-order valence-corrected chi connectivity index (χ3v) is 6.41. The van der Waals surface area contributed by atoms with Crippen LogP contribution in [0.5, 0.6) is 17.2 Å². The van der Waals surface area contributed by atoms with E-state index in [0.29, 0.717) is 29.5 Å². The summed E-state index contributed by atoms with van der Waals surface area (Å²) in [6.07, 6.45) is -6.47. The number of hydrogen-bond acceptors (Lipinski definition) is 7. The predicted molar refractivity (Wildman–Crippen MR) is 140 cm³/mol. The Hall–Kier alpha value is -4.91. The quantitative estimate of drug-likeness (QED) is 0.172. The summed E-state index contributed by atoms with van der Waals surface area (Å²) in [5.74, 6) is -0.681. The molecule has 1 aliphatic heterocycles. The molecule has 14 heteroatoms. The predicted octanol–water partition coefficient (Wildman–Crippen LogP) is 7.52. The van der Waals surface area contributed by atoms with Crippen LogP contribution in [0.1, 0.15) is 34.0 Å². The molecule has 2 N–H and O–H groups in total. The maximum absolute atomic E-state index is 14.2. The average molecular weight is 604 g/mol. The van der Waals surface area contributed by atoms with Gasteiger partial charge >= 0.3 is 12.3 Å². The average Bonchev–Trinajstić information content (AvgIpc) is 2.94. The van der Waals surface area contributed by atoms with Crippen molar-refractivity contribution in [2.75, 3.05) is 11.9 Å². The second kappa shape index (κ2) is 11.5. The van der Waals surface area contributed by atoms with Gasteiger partial charge in [0.05, 0.1) is 22.9 Å². The first-order chi connectivity index (χ1) is 20.0. The molecular weight excluding hydrogens is 586 g/mol. The van der Waals surface area contributed by atoms with Crippen molar-refractivity contribution in [2.24, 2.45) is 0 Å². The van der Waals surface area contributed by atoms with Crippen LogP contribution in [0.4, 0.5) is 28.2 Å². The highest BCUT2D eigenvalue weighted by atomic mass is 35.5. The molecule has 0 fully saturated rings. The summed E-state index contributed by atoms with van der Waals surface area (Å²) in [7, 11) is 0. The van der Waals surface area contributed by atoms with Crippen LogP contribution in [0, 0.1) is 5.82 Å². The van der Waals surface area contributed by atoms with Gasteiger partial charge in [0.1, 0.15) is 29.2 Å². The Bertz CT molecular complexity index is 1650. The first-order valence-electron chi connectivity index (χ1n) is 12.1. The van der Waals surface area contributed by atoms with Crippen LogP contribution >= 0.6 is 11.6 Å². The maximum Gasteiger partial charge on any atom is 0.506 e. The number of nitrogens with zero attached hydrogens (tertiary/aromatic N) is 2. The van der Waals surface area contributed by atoms with Gasteiger partial charge < -0.3 is 24.6 Å². The third kappa shape index (κ3) is 6.36. The molecular formula is C28H18ClF4N3O6. The Kier molecular flexibility index (Phi) is 7.85. The van der Waals surface area contributed by atoms with E-state index in [2.05, 4.69) is 15.5 Å². The zero-order chi connectivity index (χ0) is 30.0. The van der Waals surface area contributed by atoms with Crippen LogP contribution < -0.4 is 14.8 Å².